The van der Waals surface area contributed by atoms with Gasteiger partial charge in [0.1, 0.15) is 5.56 Å². The van der Waals surface area contributed by atoms with E-state index in [0.717, 1.165) is 5.56 Å². The fourth-order valence-electron chi connectivity index (χ4n) is 1.86. The van der Waals surface area contributed by atoms with Crippen LogP contribution in [0.15, 0.2) is 54.9 Å². The lowest BCUT2D eigenvalue weighted by atomic mass is 10.1. The Morgan fingerprint density at radius 2 is 2.00 bits per heavy atom. The largest absolute Gasteiger partial charge is 0.619 e. The summed E-state index contributed by atoms with van der Waals surface area (Å²) >= 11 is 0. The zero-order valence-corrected chi connectivity index (χ0v) is 10.9. The molecular formula is C15H16N2O3. The normalized spacial score (nSPS) is 11.8. The van der Waals surface area contributed by atoms with Crippen LogP contribution in [0.2, 0.25) is 0 Å². The second kappa shape index (κ2) is 6.68. The predicted molar refractivity (Wildman–Crippen MR) is 73.8 cm³/mol. The summed E-state index contributed by atoms with van der Waals surface area (Å²) in [7, 11) is 0. The van der Waals surface area contributed by atoms with Gasteiger partial charge >= 0.3 is 0 Å². The summed E-state index contributed by atoms with van der Waals surface area (Å²) in [5, 5.41) is 23.7. The Kier molecular flexibility index (Phi) is 4.68. The molecule has 0 aliphatic heterocycles. The molecule has 20 heavy (non-hydrogen) atoms. The van der Waals surface area contributed by atoms with Crippen LogP contribution in [0.5, 0.6) is 0 Å². The van der Waals surface area contributed by atoms with E-state index in [2.05, 4.69) is 5.32 Å². The number of carbonyl (C=O) groups excluding carboxylic acids is 1. The number of rotatable bonds is 5. The highest BCUT2D eigenvalue weighted by Crippen LogP contribution is 2.14. The van der Waals surface area contributed by atoms with Crippen molar-refractivity contribution in [2.75, 3.05) is 6.54 Å². The van der Waals surface area contributed by atoms with Crippen molar-refractivity contribution in [1.82, 2.24) is 5.32 Å². The first-order valence-electron chi connectivity index (χ1n) is 6.37. The summed E-state index contributed by atoms with van der Waals surface area (Å²) < 4.78 is 0.577. The number of aliphatic hydroxyl groups is 1. The average molecular weight is 272 g/mol. The maximum Gasteiger partial charge on any atom is 0.257 e. The molecule has 0 aliphatic rings. The van der Waals surface area contributed by atoms with Crippen molar-refractivity contribution in [3.63, 3.8) is 0 Å². The standard InChI is InChI=1S/C15H16N2O3/c18-14(12-5-2-1-3-6-12)8-9-16-15(19)13-7-4-10-17(20)11-13/h1-7,10-11,14,18H,8-9H2,(H,16,19). The summed E-state index contributed by atoms with van der Waals surface area (Å²) in [6.45, 7) is 0.336. The minimum atomic E-state index is -0.614. The van der Waals surface area contributed by atoms with Gasteiger partial charge in [-0.1, -0.05) is 30.3 Å². The maximum absolute atomic E-state index is 11.8. The number of hydrogen-bond acceptors (Lipinski definition) is 3. The molecule has 104 valence electrons. The molecule has 0 saturated carbocycles. The molecule has 0 bridgehead atoms. The molecule has 0 saturated heterocycles. The Balaban J connectivity index is 1.83. The van der Waals surface area contributed by atoms with E-state index in [1.165, 1.54) is 18.5 Å². The Morgan fingerprint density at radius 1 is 1.25 bits per heavy atom. The number of amides is 1. The minimum Gasteiger partial charge on any atom is -0.619 e. The molecule has 5 heteroatoms. The van der Waals surface area contributed by atoms with E-state index in [9.17, 15) is 15.1 Å². The van der Waals surface area contributed by atoms with E-state index in [1.54, 1.807) is 6.07 Å². The zero-order valence-electron chi connectivity index (χ0n) is 10.9. The number of benzene rings is 1. The van der Waals surface area contributed by atoms with E-state index in [4.69, 9.17) is 0 Å². The smallest absolute Gasteiger partial charge is 0.257 e. The fourth-order valence-corrected chi connectivity index (χ4v) is 1.86. The van der Waals surface area contributed by atoms with E-state index in [1.807, 2.05) is 30.3 Å². The number of carbonyl (C=O) groups is 1. The lowest BCUT2D eigenvalue weighted by Gasteiger charge is -2.11. The first-order valence-corrected chi connectivity index (χ1v) is 6.37. The molecule has 1 amide bonds. The van der Waals surface area contributed by atoms with Crippen molar-refractivity contribution in [2.45, 2.75) is 12.5 Å². The molecule has 1 heterocycles. The zero-order chi connectivity index (χ0) is 14.4. The Hall–Kier alpha value is -2.40. The van der Waals surface area contributed by atoms with Crippen molar-refractivity contribution in [3.8, 4) is 0 Å². The van der Waals surface area contributed by atoms with Crippen LogP contribution in [0.3, 0.4) is 0 Å². The van der Waals surface area contributed by atoms with Gasteiger partial charge < -0.3 is 15.6 Å². The monoisotopic (exact) mass is 272 g/mol. The van der Waals surface area contributed by atoms with Gasteiger partial charge in [-0.2, -0.15) is 4.73 Å². The SMILES string of the molecule is O=C(NCCC(O)c1ccccc1)c1ccc[n+]([O-])c1. The van der Waals surface area contributed by atoms with Crippen LogP contribution in [0.4, 0.5) is 0 Å². The summed E-state index contributed by atoms with van der Waals surface area (Å²) in [6.07, 6.45) is 2.33. The van der Waals surface area contributed by atoms with Gasteiger partial charge in [0, 0.05) is 12.6 Å². The van der Waals surface area contributed by atoms with Gasteiger partial charge in [0.25, 0.3) is 5.91 Å². The molecule has 2 rings (SSSR count). The number of nitrogens with one attached hydrogen (secondary N) is 1. The highest BCUT2D eigenvalue weighted by atomic mass is 16.5. The van der Waals surface area contributed by atoms with Crippen LogP contribution < -0.4 is 10.0 Å². The Labute approximate surface area is 117 Å². The number of pyridine rings is 1. The highest BCUT2D eigenvalue weighted by Gasteiger charge is 2.10. The van der Waals surface area contributed by atoms with Gasteiger partial charge in [-0.05, 0) is 18.1 Å². The molecule has 1 aromatic carbocycles. The Morgan fingerprint density at radius 3 is 2.70 bits per heavy atom. The molecule has 1 unspecified atom stereocenters. The van der Waals surface area contributed by atoms with Crippen LogP contribution in [-0.4, -0.2) is 17.6 Å². The summed E-state index contributed by atoms with van der Waals surface area (Å²) in [6, 6.07) is 12.3. The molecule has 0 aliphatic carbocycles. The second-order valence-corrected chi connectivity index (χ2v) is 4.42. The van der Waals surface area contributed by atoms with Gasteiger partial charge in [-0.3, -0.25) is 4.79 Å². The van der Waals surface area contributed by atoms with Crippen LogP contribution in [0, 0.1) is 5.21 Å². The van der Waals surface area contributed by atoms with Gasteiger partial charge in [0.2, 0.25) is 0 Å². The maximum atomic E-state index is 11.8. The van der Waals surface area contributed by atoms with Crippen LogP contribution >= 0.6 is 0 Å². The number of aliphatic hydroxyl groups excluding tert-OH is 1. The van der Waals surface area contributed by atoms with Crippen molar-refractivity contribution in [1.29, 1.82) is 0 Å². The average Bonchev–Trinajstić information content (AvgIpc) is 2.48. The Bertz CT molecular complexity index is 572. The lowest BCUT2D eigenvalue weighted by molar-refractivity contribution is -0.605. The van der Waals surface area contributed by atoms with E-state index < -0.39 is 6.10 Å². The van der Waals surface area contributed by atoms with E-state index >= 15 is 0 Å². The third-order valence-electron chi connectivity index (χ3n) is 2.92. The fraction of sp³-hybridized carbons (Fsp3) is 0.200. The van der Waals surface area contributed by atoms with Crippen LogP contribution in [-0.2, 0) is 0 Å². The summed E-state index contributed by atoms with van der Waals surface area (Å²) in [4.78, 5) is 11.8. The van der Waals surface area contributed by atoms with Crippen LogP contribution in [0.25, 0.3) is 0 Å². The van der Waals surface area contributed by atoms with Crippen molar-refractivity contribution in [2.24, 2.45) is 0 Å². The number of nitrogens with zero attached hydrogens (tertiary/aromatic N) is 1. The first-order chi connectivity index (χ1) is 9.66. The molecule has 2 N–H and O–H groups in total. The molecular weight excluding hydrogens is 256 g/mol. The second-order valence-electron chi connectivity index (χ2n) is 4.42. The predicted octanol–water partition coefficient (Wildman–Crippen LogP) is 1.17. The van der Waals surface area contributed by atoms with Gasteiger partial charge in [0.15, 0.2) is 12.4 Å². The molecule has 2 aromatic rings. The third-order valence-corrected chi connectivity index (χ3v) is 2.92. The van der Waals surface area contributed by atoms with E-state index in [-0.39, 0.29) is 5.91 Å². The molecule has 0 spiro atoms. The summed E-state index contributed by atoms with van der Waals surface area (Å²) in [5.41, 5.74) is 1.12. The van der Waals surface area contributed by atoms with Gasteiger partial charge in [0.05, 0.1) is 6.10 Å². The quantitative estimate of drug-likeness (QED) is 0.633. The minimum absolute atomic E-state index is 0.303. The molecule has 1 aromatic heterocycles. The third kappa shape index (κ3) is 3.80. The number of hydrogen-bond donors (Lipinski definition) is 2. The molecule has 5 nitrogen and oxygen atoms in total. The van der Waals surface area contributed by atoms with E-state index in [0.29, 0.717) is 23.3 Å². The van der Waals surface area contributed by atoms with Gasteiger partial charge in [-0.15, -0.1) is 0 Å². The van der Waals surface area contributed by atoms with Crippen molar-refractivity contribution in [3.05, 3.63) is 71.2 Å². The summed E-state index contributed by atoms with van der Waals surface area (Å²) in [5.74, 6) is -0.324. The van der Waals surface area contributed by atoms with Crippen LogP contribution in [0.1, 0.15) is 28.4 Å². The van der Waals surface area contributed by atoms with Crippen molar-refractivity contribution < 1.29 is 14.6 Å². The topological polar surface area (TPSA) is 76.3 Å². The lowest BCUT2D eigenvalue weighted by Crippen LogP contribution is -2.30. The highest BCUT2D eigenvalue weighted by molar-refractivity contribution is 5.93. The van der Waals surface area contributed by atoms with Crippen molar-refractivity contribution >= 4 is 5.91 Å². The molecule has 0 radical (unpaired) electrons. The van der Waals surface area contributed by atoms with Gasteiger partial charge in [-0.25, -0.2) is 0 Å². The first kappa shape index (κ1) is 14.0. The molecule has 1 atom stereocenters. The number of aromatic nitrogens is 1. The molecule has 0 fully saturated rings.